The van der Waals surface area contributed by atoms with Gasteiger partial charge in [-0.1, -0.05) is 11.2 Å². The molecule has 0 saturated carbocycles. The summed E-state index contributed by atoms with van der Waals surface area (Å²) < 4.78 is 5.15. The maximum Gasteiger partial charge on any atom is 0.138 e. The Kier molecular flexibility index (Phi) is 2.91. The Morgan fingerprint density at radius 3 is 2.89 bits per heavy atom. The van der Waals surface area contributed by atoms with E-state index in [0.29, 0.717) is 6.54 Å². The summed E-state index contributed by atoms with van der Waals surface area (Å²) in [7, 11) is 0. The van der Waals surface area contributed by atoms with Gasteiger partial charge in [-0.15, -0.1) is 0 Å². The molecular formula is C15H15N3O. The maximum atomic E-state index is 5.15. The molecule has 19 heavy (non-hydrogen) atoms. The van der Waals surface area contributed by atoms with Crippen LogP contribution in [0.5, 0.6) is 0 Å². The summed E-state index contributed by atoms with van der Waals surface area (Å²) in [5, 5.41) is 8.48. The molecule has 4 heteroatoms. The minimum atomic E-state index is 0.715. The van der Waals surface area contributed by atoms with Gasteiger partial charge in [-0.25, -0.2) is 0 Å². The van der Waals surface area contributed by atoms with Gasteiger partial charge in [0.1, 0.15) is 5.76 Å². The molecule has 0 aliphatic rings. The SMILES string of the molecule is Cc1noc(C)c1CNc1ccc2ncccc2c1. The zero-order chi connectivity index (χ0) is 13.2. The van der Waals surface area contributed by atoms with Gasteiger partial charge in [0.15, 0.2) is 0 Å². The number of benzene rings is 1. The highest BCUT2D eigenvalue weighted by atomic mass is 16.5. The summed E-state index contributed by atoms with van der Waals surface area (Å²) in [6.45, 7) is 4.60. The number of anilines is 1. The van der Waals surface area contributed by atoms with Gasteiger partial charge in [0.05, 0.1) is 11.2 Å². The van der Waals surface area contributed by atoms with E-state index < -0.39 is 0 Å². The van der Waals surface area contributed by atoms with Crippen molar-refractivity contribution in [2.24, 2.45) is 0 Å². The van der Waals surface area contributed by atoms with Crippen molar-refractivity contribution in [2.45, 2.75) is 20.4 Å². The van der Waals surface area contributed by atoms with E-state index >= 15 is 0 Å². The van der Waals surface area contributed by atoms with Gasteiger partial charge in [-0.05, 0) is 38.1 Å². The fourth-order valence-corrected chi connectivity index (χ4v) is 2.13. The lowest BCUT2D eigenvalue weighted by Gasteiger charge is -2.07. The average molecular weight is 253 g/mol. The molecule has 0 radical (unpaired) electrons. The molecule has 2 aromatic heterocycles. The molecule has 3 rings (SSSR count). The van der Waals surface area contributed by atoms with Crippen molar-refractivity contribution in [1.82, 2.24) is 10.1 Å². The van der Waals surface area contributed by atoms with Crippen LogP contribution < -0.4 is 5.32 Å². The zero-order valence-corrected chi connectivity index (χ0v) is 11.0. The topological polar surface area (TPSA) is 51.0 Å². The second-order valence-electron chi connectivity index (χ2n) is 4.57. The van der Waals surface area contributed by atoms with Crippen LogP contribution in [0.25, 0.3) is 10.9 Å². The van der Waals surface area contributed by atoms with Gasteiger partial charge < -0.3 is 9.84 Å². The van der Waals surface area contributed by atoms with Crippen molar-refractivity contribution in [2.75, 3.05) is 5.32 Å². The molecule has 0 aliphatic carbocycles. The lowest BCUT2D eigenvalue weighted by atomic mass is 10.1. The summed E-state index contributed by atoms with van der Waals surface area (Å²) in [5.74, 6) is 0.868. The Labute approximate surface area is 111 Å². The van der Waals surface area contributed by atoms with Crippen LogP contribution in [0.4, 0.5) is 5.69 Å². The molecule has 0 amide bonds. The quantitative estimate of drug-likeness (QED) is 0.776. The second-order valence-corrected chi connectivity index (χ2v) is 4.57. The number of aromatic nitrogens is 2. The van der Waals surface area contributed by atoms with Crippen molar-refractivity contribution in [3.05, 3.63) is 53.5 Å². The van der Waals surface area contributed by atoms with E-state index in [0.717, 1.165) is 33.6 Å². The monoisotopic (exact) mass is 253 g/mol. The standard InChI is InChI=1S/C15H15N3O/c1-10-14(11(2)19-18-10)9-17-13-5-6-15-12(8-13)4-3-7-16-15/h3-8,17H,9H2,1-2H3. The smallest absolute Gasteiger partial charge is 0.138 e. The first kappa shape index (κ1) is 11.7. The molecule has 0 unspecified atom stereocenters. The largest absolute Gasteiger partial charge is 0.381 e. The van der Waals surface area contributed by atoms with E-state index in [4.69, 9.17) is 4.52 Å². The van der Waals surface area contributed by atoms with Crippen molar-refractivity contribution in [1.29, 1.82) is 0 Å². The zero-order valence-electron chi connectivity index (χ0n) is 11.0. The summed E-state index contributed by atoms with van der Waals surface area (Å²) in [4.78, 5) is 4.31. The predicted molar refractivity (Wildman–Crippen MR) is 75.0 cm³/mol. The number of nitrogens with zero attached hydrogens (tertiary/aromatic N) is 2. The minimum Gasteiger partial charge on any atom is -0.381 e. The van der Waals surface area contributed by atoms with Gasteiger partial charge in [0.2, 0.25) is 0 Å². The van der Waals surface area contributed by atoms with E-state index in [1.807, 2.05) is 32.0 Å². The minimum absolute atomic E-state index is 0.715. The number of hydrogen-bond donors (Lipinski definition) is 1. The molecule has 0 bridgehead atoms. The normalized spacial score (nSPS) is 10.8. The molecule has 0 atom stereocenters. The summed E-state index contributed by atoms with van der Waals surface area (Å²) in [6.07, 6.45) is 1.80. The molecule has 1 N–H and O–H groups in total. The van der Waals surface area contributed by atoms with Crippen molar-refractivity contribution in [3.63, 3.8) is 0 Å². The highest BCUT2D eigenvalue weighted by molar-refractivity contribution is 5.82. The summed E-state index contributed by atoms with van der Waals surface area (Å²) in [5.41, 5.74) is 4.13. The molecule has 3 aromatic rings. The first-order valence-corrected chi connectivity index (χ1v) is 6.24. The van der Waals surface area contributed by atoms with Crippen LogP contribution in [0.2, 0.25) is 0 Å². The van der Waals surface area contributed by atoms with Gasteiger partial charge in [0.25, 0.3) is 0 Å². The predicted octanol–water partition coefficient (Wildman–Crippen LogP) is 3.45. The van der Waals surface area contributed by atoms with Crippen LogP contribution in [0.1, 0.15) is 17.0 Å². The van der Waals surface area contributed by atoms with Gasteiger partial charge in [0, 0.05) is 29.4 Å². The van der Waals surface area contributed by atoms with Crippen LogP contribution in [0.3, 0.4) is 0 Å². The van der Waals surface area contributed by atoms with Crippen LogP contribution in [0, 0.1) is 13.8 Å². The molecule has 1 aromatic carbocycles. The van der Waals surface area contributed by atoms with E-state index in [1.165, 1.54) is 0 Å². The van der Waals surface area contributed by atoms with E-state index in [-0.39, 0.29) is 0 Å². The third kappa shape index (κ3) is 2.29. The Balaban J connectivity index is 1.82. The van der Waals surface area contributed by atoms with E-state index in [2.05, 4.69) is 27.6 Å². The molecule has 0 aliphatic heterocycles. The first-order chi connectivity index (χ1) is 9.24. The van der Waals surface area contributed by atoms with E-state index in [9.17, 15) is 0 Å². The Morgan fingerprint density at radius 2 is 2.11 bits per heavy atom. The van der Waals surface area contributed by atoms with E-state index in [1.54, 1.807) is 6.20 Å². The Morgan fingerprint density at radius 1 is 1.21 bits per heavy atom. The third-order valence-corrected chi connectivity index (χ3v) is 3.25. The van der Waals surface area contributed by atoms with Gasteiger partial charge in [-0.3, -0.25) is 4.98 Å². The number of nitrogens with one attached hydrogen (secondary N) is 1. The lowest BCUT2D eigenvalue weighted by Crippen LogP contribution is -2.01. The average Bonchev–Trinajstić information content (AvgIpc) is 2.76. The highest BCUT2D eigenvalue weighted by Crippen LogP contribution is 2.19. The maximum absolute atomic E-state index is 5.15. The van der Waals surface area contributed by atoms with Crippen LogP contribution >= 0.6 is 0 Å². The third-order valence-electron chi connectivity index (χ3n) is 3.25. The Hall–Kier alpha value is -2.36. The highest BCUT2D eigenvalue weighted by Gasteiger charge is 2.08. The van der Waals surface area contributed by atoms with Crippen LogP contribution in [-0.4, -0.2) is 10.1 Å². The van der Waals surface area contributed by atoms with Crippen molar-refractivity contribution in [3.8, 4) is 0 Å². The number of pyridine rings is 1. The summed E-state index contributed by atoms with van der Waals surface area (Å²) >= 11 is 0. The van der Waals surface area contributed by atoms with Crippen LogP contribution in [-0.2, 0) is 6.54 Å². The fourth-order valence-electron chi connectivity index (χ4n) is 2.13. The molecule has 96 valence electrons. The lowest BCUT2D eigenvalue weighted by molar-refractivity contribution is 0.392. The van der Waals surface area contributed by atoms with Gasteiger partial charge >= 0.3 is 0 Å². The molecule has 0 fully saturated rings. The molecule has 4 nitrogen and oxygen atoms in total. The fraction of sp³-hybridized carbons (Fsp3) is 0.200. The first-order valence-electron chi connectivity index (χ1n) is 6.24. The molecular weight excluding hydrogens is 238 g/mol. The molecule has 2 heterocycles. The molecule has 0 saturated heterocycles. The van der Waals surface area contributed by atoms with Crippen molar-refractivity contribution >= 4 is 16.6 Å². The van der Waals surface area contributed by atoms with Gasteiger partial charge in [-0.2, -0.15) is 0 Å². The number of hydrogen-bond acceptors (Lipinski definition) is 4. The van der Waals surface area contributed by atoms with Crippen molar-refractivity contribution < 1.29 is 4.52 Å². The number of fused-ring (bicyclic) bond motifs is 1. The molecule has 0 spiro atoms. The number of rotatable bonds is 3. The van der Waals surface area contributed by atoms with Crippen LogP contribution in [0.15, 0.2) is 41.1 Å². The summed E-state index contributed by atoms with van der Waals surface area (Å²) in [6, 6.07) is 10.2. The number of aryl methyl sites for hydroxylation is 2. The second kappa shape index (κ2) is 4.72. The Bertz CT molecular complexity index is 699.